The Morgan fingerprint density at radius 2 is 1.57 bits per heavy atom. The Balaban J connectivity index is 1.97. The predicted molar refractivity (Wildman–Crippen MR) is 113 cm³/mol. The van der Waals surface area contributed by atoms with E-state index in [9.17, 15) is 18.0 Å². The highest BCUT2D eigenvalue weighted by Crippen LogP contribution is 2.21. The van der Waals surface area contributed by atoms with Gasteiger partial charge in [-0.3, -0.25) is 4.79 Å². The number of carbonyl (C=O) groups is 1. The molecule has 0 fully saturated rings. The molecule has 30 heavy (non-hydrogen) atoms. The third kappa shape index (κ3) is 3.11. The van der Waals surface area contributed by atoms with Crippen LogP contribution in [-0.4, -0.2) is 30.0 Å². The molecular weight excluding hydrogens is 404 g/mol. The van der Waals surface area contributed by atoms with Gasteiger partial charge in [0.1, 0.15) is 5.75 Å². The number of nitrogens with zero attached hydrogens (tertiary/aromatic N) is 2. The molecule has 0 N–H and O–H groups in total. The summed E-state index contributed by atoms with van der Waals surface area (Å²) >= 11 is 0. The van der Waals surface area contributed by atoms with Gasteiger partial charge in [-0.05, 0) is 61.0 Å². The molecule has 3 aromatic carbocycles. The summed E-state index contributed by atoms with van der Waals surface area (Å²) in [4.78, 5) is 26.3. The topological polar surface area (TPSA) is 87.4 Å². The molecule has 0 aliphatic rings. The van der Waals surface area contributed by atoms with Crippen LogP contribution in [0.5, 0.6) is 5.75 Å². The third-order valence-electron chi connectivity index (χ3n) is 4.77. The molecule has 0 unspecified atom stereocenters. The maximum absolute atomic E-state index is 13.3. The molecule has 4 aromatic rings. The van der Waals surface area contributed by atoms with Crippen molar-refractivity contribution in [2.75, 3.05) is 7.11 Å². The van der Waals surface area contributed by atoms with Gasteiger partial charge in [0.15, 0.2) is 0 Å². The second kappa shape index (κ2) is 7.31. The van der Waals surface area contributed by atoms with Crippen LogP contribution in [0.2, 0.25) is 0 Å². The first-order valence-corrected chi connectivity index (χ1v) is 10.5. The zero-order chi connectivity index (χ0) is 21.5. The SMILES string of the molecule is COc1ccc(C(=O)n2c(=O)n(S(=O)(=O)c3cccc(C)c3)c3ccccc32)cc1. The van der Waals surface area contributed by atoms with Crippen LogP contribution in [0.3, 0.4) is 0 Å². The Morgan fingerprint density at radius 1 is 0.900 bits per heavy atom. The third-order valence-corrected chi connectivity index (χ3v) is 6.46. The summed E-state index contributed by atoms with van der Waals surface area (Å²) < 4.78 is 33.2. The first-order valence-electron chi connectivity index (χ1n) is 9.08. The first kappa shape index (κ1) is 19.7. The van der Waals surface area contributed by atoms with Crippen molar-refractivity contribution in [3.8, 4) is 5.75 Å². The zero-order valence-electron chi connectivity index (χ0n) is 16.3. The normalized spacial score (nSPS) is 11.5. The lowest BCUT2D eigenvalue weighted by atomic mass is 10.2. The van der Waals surface area contributed by atoms with Gasteiger partial charge >= 0.3 is 5.69 Å². The predicted octanol–water partition coefficient (Wildman–Crippen LogP) is 3.05. The highest BCUT2D eigenvalue weighted by Gasteiger charge is 2.28. The summed E-state index contributed by atoms with van der Waals surface area (Å²) in [6, 6.07) is 18.8. The molecule has 0 spiro atoms. The molecule has 1 aromatic heterocycles. The minimum atomic E-state index is -4.21. The average Bonchev–Trinajstić information content (AvgIpc) is 3.05. The molecule has 4 rings (SSSR count). The van der Waals surface area contributed by atoms with E-state index in [0.29, 0.717) is 9.72 Å². The standard InChI is InChI=1S/C22H18N2O5S/c1-15-6-5-7-18(14-15)30(27,28)24-20-9-4-3-8-19(20)23(22(24)26)21(25)16-10-12-17(29-2)13-11-16/h3-14H,1-2H3. The molecule has 0 aliphatic heterocycles. The molecule has 0 radical (unpaired) electrons. The van der Waals surface area contributed by atoms with E-state index in [-0.39, 0.29) is 21.5 Å². The molecule has 0 saturated carbocycles. The van der Waals surface area contributed by atoms with E-state index in [1.807, 2.05) is 0 Å². The van der Waals surface area contributed by atoms with E-state index < -0.39 is 21.6 Å². The largest absolute Gasteiger partial charge is 0.497 e. The number of rotatable bonds is 4. The van der Waals surface area contributed by atoms with Crippen molar-refractivity contribution < 1.29 is 17.9 Å². The van der Waals surface area contributed by atoms with Crippen LogP contribution in [-0.2, 0) is 10.0 Å². The van der Waals surface area contributed by atoms with Crippen molar-refractivity contribution in [1.29, 1.82) is 0 Å². The zero-order valence-corrected chi connectivity index (χ0v) is 17.1. The number of benzene rings is 3. The smallest absolute Gasteiger partial charge is 0.350 e. The van der Waals surface area contributed by atoms with Gasteiger partial charge in [-0.1, -0.05) is 24.3 Å². The number of para-hydroxylation sites is 2. The summed E-state index contributed by atoms with van der Waals surface area (Å²) in [6.07, 6.45) is 0. The van der Waals surface area contributed by atoms with Gasteiger partial charge in [0.2, 0.25) is 0 Å². The van der Waals surface area contributed by atoms with Crippen molar-refractivity contribution in [3.63, 3.8) is 0 Å². The Labute approximate surface area is 172 Å². The Hall–Kier alpha value is -3.65. The van der Waals surface area contributed by atoms with Crippen LogP contribution in [0.25, 0.3) is 11.0 Å². The fraction of sp³-hybridized carbons (Fsp3) is 0.0909. The number of methoxy groups -OCH3 is 1. The van der Waals surface area contributed by atoms with Crippen molar-refractivity contribution in [2.45, 2.75) is 11.8 Å². The Bertz CT molecular complexity index is 1430. The Kier molecular flexibility index (Phi) is 4.79. The maximum Gasteiger partial charge on any atom is 0.350 e. The van der Waals surface area contributed by atoms with Gasteiger partial charge in [-0.15, -0.1) is 0 Å². The van der Waals surface area contributed by atoms with E-state index in [1.54, 1.807) is 49.4 Å². The van der Waals surface area contributed by atoms with E-state index >= 15 is 0 Å². The van der Waals surface area contributed by atoms with Gasteiger partial charge < -0.3 is 4.74 Å². The van der Waals surface area contributed by atoms with Crippen LogP contribution in [0.1, 0.15) is 15.9 Å². The summed E-state index contributed by atoms with van der Waals surface area (Å²) in [5.41, 5.74) is 0.361. The van der Waals surface area contributed by atoms with Crippen molar-refractivity contribution in [2.24, 2.45) is 0 Å². The van der Waals surface area contributed by atoms with E-state index in [4.69, 9.17) is 4.74 Å². The quantitative estimate of drug-likeness (QED) is 0.504. The molecule has 0 bridgehead atoms. The molecule has 152 valence electrons. The number of aryl methyl sites for hydroxylation is 1. The van der Waals surface area contributed by atoms with Gasteiger partial charge in [-0.25, -0.2) is 17.8 Å². The minimum Gasteiger partial charge on any atom is -0.497 e. The summed E-state index contributed by atoms with van der Waals surface area (Å²) in [5, 5.41) is 0. The summed E-state index contributed by atoms with van der Waals surface area (Å²) in [7, 11) is -2.71. The van der Waals surface area contributed by atoms with Gasteiger partial charge in [0, 0.05) is 5.56 Å². The number of hydrogen-bond donors (Lipinski definition) is 0. The first-order chi connectivity index (χ1) is 14.3. The maximum atomic E-state index is 13.3. The lowest BCUT2D eigenvalue weighted by Gasteiger charge is -2.06. The van der Waals surface area contributed by atoms with Crippen molar-refractivity contribution in [3.05, 3.63) is 94.4 Å². The van der Waals surface area contributed by atoms with E-state index in [0.717, 1.165) is 10.1 Å². The van der Waals surface area contributed by atoms with Crippen LogP contribution in [0, 0.1) is 6.92 Å². The molecule has 0 saturated heterocycles. The number of fused-ring (bicyclic) bond motifs is 1. The van der Waals surface area contributed by atoms with Crippen molar-refractivity contribution >= 4 is 27.0 Å². The number of imidazole rings is 1. The number of aromatic nitrogens is 2. The average molecular weight is 422 g/mol. The van der Waals surface area contributed by atoms with Crippen LogP contribution in [0.15, 0.2) is 82.5 Å². The van der Waals surface area contributed by atoms with Crippen molar-refractivity contribution in [1.82, 2.24) is 8.54 Å². The number of hydrogen-bond acceptors (Lipinski definition) is 5. The molecule has 1 heterocycles. The number of ether oxygens (including phenoxy) is 1. The molecule has 7 nitrogen and oxygen atoms in total. The second-order valence-electron chi connectivity index (χ2n) is 6.73. The van der Waals surface area contributed by atoms with E-state index in [1.165, 1.54) is 37.4 Å². The number of carbonyl (C=O) groups excluding carboxylic acids is 1. The fourth-order valence-corrected chi connectivity index (χ4v) is 4.79. The van der Waals surface area contributed by atoms with Gasteiger partial charge in [0.25, 0.3) is 15.9 Å². The lowest BCUT2D eigenvalue weighted by Crippen LogP contribution is -2.33. The van der Waals surface area contributed by atoms with Crippen LogP contribution in [0.4, 0.5) is 0 Å². The molecular formula is C22H18N2O5S. The highest BCUT2D eigenvalue weighted by molar-refractivity contribution is 7.90. The second-order valence-corrected chi connectivity index (χ2v) is 8.51. The minimum absolute atomic E-state index is 0.0237. The van der Waals surface area contributed by atoms with Gasteiger partial charge in [-0.2, -0.15) is 3.97 Å². The van der Waals surface area contributed by atoms with Crippen LogP contribution >= 0.6 is 0 Å². The van der Waals surface area contributed by atoms with Crippen LogP contribution < -0.4 is 10.4 Å². The molecule has 0 amide bonds. The molecule has 8 heteroatoms. The monoisotopic (exact) mass is 422 g/mol. The molecule has 0 atom stereocenters. The van der Waals surface area contributed by atoms with E-state index in [2.05, 4.69) is 0 Å². The van der Waals surface area contributed by atoms with Gasteiger partial charge in [0.05, 0.1) is 23.0 Å². The highest BCUT2D eigenvalue weighted by atomic mass is 32.2. The summed E-state index contributed by atoms with van der Waals surface area (Å²) in [5.74, 6) is -0.0691. The lowest BCUT2D eigenvalue weighted by molar-refractivity contribution is 0.0961. The Morgan fingerprint density at radius 3 is 2.20 bits per heavy atom. The fourth-order valence-electron chi connectivity index (χ4n) is 3.29. The molecule has 0 aliphatic carbocycles. The summed E-state index contributed by atoms with van der Waals surface area (Å²) in [6.45, 7) is 1.76.